The van der Waals surface area contributed by atoms with Crippen molar-refractivity contribution in [2.45, 2.75) is 0 Å². The lowest BCUT2D eigenvalue weighted by Crippen LogP contribution is -2.00. The number of benzene rings is 2. The van der Waals surface area contributed by atoms with Gasteiger partial charge in [-0.15, -0.1) is 15.3 Å². The Morgan fingerprint density at radius 3 is 2.50 bits per heavy atom. The average molecular weight is 340 g/mol. The molecule has 0 aliphatic rings. The van der Waals surface area contributed by atoms with Crippen LogP contribution in [0.3, 0.4) is 0 Å². The molecule has 0 unspecified atom stereocenters. The zero-order valence-corrected chi connectivity index (χ0v) is 13.1. The Morgan fingerprint density at radius 1 is 0.917 bits per heavy atom. The van der Waals surface area contributed by atoms with E-state index in [1.807, 2.05) is 18.2 Å². The first kappa shape index (κ1) is 14.6. The van der Waals surface area contributed by atoms with Gasteiger partial charge in [-0.05, 0) is 48.5 Å². The Morgan fingerprint density at radius 2 is 1.71 bits per heavy atom. The van der Waals surface area contributed by atoms with Crippen molar-refractivity contribution in [1.82, 2.24) is 19.8 Å². The summed E-state index contributed by atoms with van der Waals surface area (Å²) >= 11 is 6.24. The number of hydrogen-bond acceptors (Lipinski definition) is 4. The van der Waals surface area contributed by atoms with Crippen molar-refractivity contribution < 1.29 is 4.39 Å². The minimum atomic E-state index is -0.288. The second-order valence-electron chi connectivity index (χ2n) is 5.12. The van der Waals surface area contributed by atoms with E-state index in [9.17, 15) is 4.39 Å². The lowest BCUT2D eigenvalue weighted by molar-refractivity contribution is 0.628. The number of fused-ring (bicyclic) bond motifs is 1. The Balaban J connectivity index is 1.76. The van der Waals surface area contributed by atoms with Crippen molar-refractivity contribution in [2.24, 2.45) is 0 Å². The predicted molar refractivity (Wildman–Crippen MR) is 90.9 cm³/mol. The summed E-state index contributed by atoms with van der Waals surface area (Å²) in [4.78, 5) is 0. The van der Waals surface area contributed by atoms with Crippen LogP contribution in [0.1, 0.15) is 0 Å². The summed E-state index contributed by atoms with van der Waals surface area (Å²) in [5.74, 6) is 0.851. The van der Waals surface area contributed by atoms with Crippen LogP contribution in [0.15, 0.2) is 60.7 Å². The van der Waals surface area contributed by atoms with E-state index in [0.717, 1.165) is 11.3 Å². The Kier molecular flexibility index (Phi) is 3.59. The molecule has 0 bridgehead atoms. The first-order chi connectivity index (χ1) is 11.7. The topological polar surface area (TPSA) is 55.1 Å². The first-order valence-electron chi connectivity index (χ1n) is 7.21. The SMILES string of the molecule is Fc1ccc(Nc2ccc3nnc(-c4ccccc4Cl)n3n2)cc1. The highest BCUT2D eigenvalue weighted by molar-refractivity contribution is 6.33. The molecule has 7 heteroatoms. The van der Waals surface area contributed by atoms with Crippen LogP contribution in [0.2, 0.25) is 5.02 Å². The Labute approximate surface area is 141 Å². The van der Waals surface area contributed by atoms with Crippen LogP contribution in [0.5, 0.6) is 0 Å². The van der Waals surface area contributed by atoms with Gasteiger partial charge in [0, 0.05) is 11.3 Å². The van der Waals surface area contributed by atoms with Gasteiger partial charge in [-0.3, -0.25) is 0 Å². The highest BCUT2D eigenvalue weighted by Gasteiger charge is 2.12. The van der Waals surface area contributed by atoms with Gasteiger partial charge in [-0.2, -0.15) is 4.52 Å². The zero-order chi connectivity index (χ0) is 16.5. The third-order valence-electron chi connectivity index (χ3n) is 3.49. The molecule has 2 heterocycles. The number of aromatic nitrogens is 4. The number of nitrogens with zero attached hydrogens (tertiary/aromatic N) is 4. The fourth-order valence-electron chi connectivity index (χ4n) is 2.35. The highest BCUT2D eigenvalue weighted by atomic mass is 35.5. The van der Waals surface area contributed by atoms with Crippen LogP contribution < -0.4 is 5.32 Å². The molecule has 2 aromatic heterocycles. The second kappa shape index (κ2) is 5.90. The van der Waals surface area contributed by atoms with Gasteiger partial charge in [0.15, 0.2) is 17.3 Å². The van der Waals surface area contributed by atoms with Gasteiger partial charge in [-0.1, -0.05) is 23.7 Å². The molecule has 4 rings (SSSR count). The van der Waals surface area contributed by atoms with Gasteiger partial charge in [0.2, 0.25) is 0 Å². The maximum atomic E-state index is 13.0. The van der Waals surface area contributed by atoms with Crippen LogP contribution in [-0.2, 0) is 0 Å². The van der Waals surface area contributed by atoms with Crippen LogP contribution in [-0.4, -0.2) is 19.8 Å². The van der Waals surface area contributed by atoms with E-state index >= 15 is 0 Å². The second-order valence-corrected chi connectivity index (χ2v) is 5.53. The average Bonchev–Trinajstić information content (AvgIpc) is 3.00. The lowest BCUT2D eigenvalue weighted by atomic mass is 10.2. The molecule has 5 nitrogen and oxygen atoms in total. The fourth-order valence-corrected chi connectivity index (χ4v) is 2.57. The predicted octanol–water partition coefficient (Wildman–Crippen LogP) is 4.33. The summed E-state index contributed by atoms with van der Waals surface area (Å²) < 4.78 is 14.6. The molecule has 0 spiro atoms. The van der Waals surface area contributed by atoms with E-state index in [4.69, 9.17) is 11.6 Å². The molecule has 2 aromatic carbocycles. The summed E-state index contributed by atoms with van der Waals surface area (Å²) in [6.07, 6.45) is 0. The first-order valence-corrected chi connectivity index (χ1v) is 7.58. The van der Waals surface area contributed by atoms with Crippen molar-refractivity contribution in [1.29, 1.82) is 0 Å². The summed E-state index contributed by atoms with van der Waals surface area (Å²) in [5.41, 5.74) is 2.09. The van der Waals surface area contributed by atoms with Crippen LogP contribution in [0, 0.1) is 5.82 Å². The van der Waals surface area contributed by atoms with Crippen LogP contribution >= 0.6 is 11.6 Å². The molecule has 1 N–H and O–H groups in total. The van der Waals surface area contributed by atoms with Crippen molar-refractivity contribution in [3.05, 3.63) is 71.5 Å². The molecule has 0 amide bonds. The number of halogens is 2. The maximum absolute atomic E-state index is 13.0. The maximum Gasteiger partial charge on any atom is 0.186 e. The molecular weight excluding hydrogens is 329 g/mol. The third-order valence-corrected chi connectivity index (χ3v) is 3.82. The van der Waals surface area contributed by atoms with E-state index in [1.54, 1.807) is 34.8 Å². The molecule has 0 saturated carbocycles. The number of nitrogens with one attached hydrogen (secondary N) is 1. The number of rotatable bonds is 3. The van der Waals surface area contributed by atoms with E-state index in [-0.39, 0.29) is 5.82 Å². The largest absolute Gasteiger partial charge is 0.339 e. The van der Waals surface area contributed by atoms with E-state index in [0.29, 0.717) is 22.3 Å². The highest BCUT2D eigenvalue weighted by Crippen LogP contribution is 2.26. The molecule has 118 valence electrons. The van der Waals surface area contributed by atoms with E-state index in [1.165, 1.54) is 12.1 Å². The third kappa shape index (κ3) is 2.68. The quantitative estimate of drug-likeness (QED) is 0.603. The molecule has 4 aromatic rings. The van der Waals surface area contributed by atoms with Gasteiger partial charge >= 0.3 is 0 Å². The summed E-state index contributed by atoms with van der Waals surface area (Å²) in [6, 6.07) is 17.0. The molecular formula is C17H11ClFN5. The summed E-state index contributed by atoms with van der Waals surface area (Å²) in [7, 11) is 0. The Hall–Kier alpha value is -2.99. The standard InChI is InChI=1S/C17H11ClFN5/c18-14-4-2-1-3-13(14)17-22-21-16-10-9-15(23-24(16)17)20-12-7-5-11(19)6-8-12/h1-10H,(H,20,23). The van der Waals surface area contributed by atoms with Crippen molar-refractivity contribution in [3.8, 4) is 11.4 Å². The van der Waals surface area contributed by atoms with E-state index < -0.39 is 0 Å². The van der Waals surface area contributed by atoms with Gasteiger partial charge in [-0.25, -0.2) is 4.39 Å². The molecule has 0 radical (unpaired) electrons. The molecule has 0 fully saturated rings. The summed E-state index contributed by atoms with van der Waals surface area (Å²) in [5, 5.41) is 16.5. The molecule has 24 heavy (non-hydrogen) atoms. The van der Waals surface area contributed by atoms with Gasteiger partial charge < -0.3 is 5.32 Å². The molecule has 0 aliphatic heterocycles. The summed E-state index contributed by atoms with van der Waals surface area (Å²) in [6.45, 7) is 0. The minimum Gasteiger partial charge on any atom is -0.339 e. The molecule has 0 saturated heterocycles. The Bertz CT molecular complexity index is 1010. The van der Waals surface area contributed by atoms with Gasteiger partial charge in [0.25, 0.3) is 0 Å². The van der Waals surface area contributed by atoms with Crippen molar-refractivity contribution >= 4 is 28.8 Å². The molecule has 0 aliphatic carbocycles. The van der Waals surface area contributed by atoms with Gasteiger partial charge in [0.05, 0.1) is 5.02 Å². The lowest BCUT2D eigenvalue weighted by Gasteiger charge is -2.07. The monoisotopic (exact) mass is 339 g/mol. The number of hydrogen-bond donors (Lipinski definition) is 1. The molecule has 0 atom stereocenters. The van der Waals surface area contributed by atoms with E-state index in [2.05, 4.69) is 20.6 Å². The van der Waals surface area contributed by atoms with Crippen LogP contribution in [0.4, 0.5) is 15.9 Å². The normalized spacial score (nSPS) is 10.9. The fraction of sp³-hybridized carbons (Fsp3) is 0. The number of anilines is 2. The van der Waals surface area contributed by atoms with Gasteiger partial charge in [0.1, 0.15) is 5.82 Å². The zero-order valence-electron chi connectivity index (χ0n) is 12.3. The minimum absolute atomic E-state index is 0.288. The smallest absolute Gasteiger partial charge is 0.186 e. The van der Waals surface area contributed by atoms with Crippen molar-refractivity contribution in [3.63, 3.8) is 0 Å². The van der Waals surface area contributed by atoms with Crippen LogP contribution in [0.25, 0.3) is 17.0 Å². The van der Waals surface area contributed by atoms with Crippen molar-refractivity contribution in [2.75, 3.05) is 5.32 Å².